The Kier molecular flexibility index (Phi) is 4.74. The number of nitrogens with zero attached hydrogens (tertiary/aromatic N) is 3. The normalized spacial score (nSPS) is 20.8. The number of hydrogen-bond donors (Lipinski definition) is 1. The van der Waals surface area contributed by atoms with E-state index in [1.165, 1.54) is 5.56 Å². The molecule has 1 saturated heterocycles. The molecule has 0 bridgehead atoms. The first-order valence-corrected chi connectivity index (χ1v) is 6.70. The molecule has 1 aromatic rings. The third-order valence-electron chi connectivity index (χ3n) is 3.40. The first kappa shape index (κ1) is 13.5. The highest BCUT2D eigenvalue weighted by atomic mass is 16.5. The lowest BCUT2D eigenvalue weighted by molar-refractivity contribution is 0.0339. The molecule has 0 aromatic carbocycles. The average Bonchev–Trinajstić information content (AvgIpc) is 2.77. The smallest absolute Gasteiger partial charge is 0.0594 e. The standard InChI is InChI=1S/C13H24N4O/c1-11(9-17-4-6-18-7-5-17)15-12(2)13-8-14-16(3)10-13/h8,10-12,15H,4-7,9H2,1-3H3. The van der Waals surface area contributed by atoms with Gasteiger partial charge in [0.2, 0.25) is 0 Å². The number of ether oxygens (including phenoxy) is 1. The summed E-state index contributed by atoms with van der Waals surface area (Å²) < 4.78 is 7.21. The maximum Gasteiger partial charge on any atom is 0.0594 e. The molecule has 1 aliphatic rings. The van der Waals surface area contributed by atoms with Crippen LogP contribution >= 0.6 is 0 Å². The van der Waals surface area contributed by atoms with Gasteiger partial charge in [-0.15, -0.1) is 0 Å². The highest BCUT2D eigenvalue weighted by Crippen LogP contribution is 2.11. The lowest BCUT2D eigenvalue weighted by Crippen LogP contribution is -2.44. The number of aromatic nitrogens is 2. The van der Waals surface area contributed by atoms with Gasteiger partial charge < -0.3 is 10.1 Å². The highest BCUT2D eigenvalue weighted by molar-refractivity contribution is 5.09. The second kappa shape index (κ2) is 6.31. The zero-order valence-corrected chi connectivity index (χ0v) is 11.6. The molecule has 18 heavy (non-hydrogen) atoms. The summed E-state index contributed by atoms with van der Waals surface area (Å²) in [6.45, 7) is 9.33. The van der Waals surface area contributed by atoms with Crippen molar-refractivity contribution in [1.82, 2.24) is 20.0 Å². The SMILES string of the molecule is CC(CN1CCOCC1)NC(C)c1cnn(C)c1. The van der Waals surface area contributed by atoms with Gasteiger partial charge >= 0.3 is 0 Å². The Hall–Kier alpha value is -0.910. The second-order valence-corrected chi connectivity index (χ2v) is 5.15. The quantitative estimate of drug-likeness (QED) is 0.841. The highest BCUT2D eigenvalue weighted by Gasteiger charge is 2.16. The van der Waals surface area contributed by atoms with Gasteiger partial charge in [0.25, 0.3) is 0 Å². The van der Waals surface area contributed by atoms with Crippen molar-refractivity contribution in [2.24, 2.45) is 7.05 Å². The number of morpholine rings is 1. The van der Waals surface area contributed by atoms with Gasteiger partial charge in [-0.3, -0.25) is 9.58 Å². The van der Waals surface area contributed by atoms with Crippen LogP contribution in [0.25, 0.3) is 0 Å². The monoisotopic (exact) mass is 252 g/mol. The van der Waals surface area contributed by atoms with Crippen molar-refractivity contribution in [1.29, 1.82) is 0 Å². The van der Waals surface area contributed by atoms with Gasteiger partial charge in [0.1, 0.15) is 0 Å². The second-order valence-electron chi connectivity index (χ2n) is 5.15. The molecule has 5 heteroatoms. The third-order valence-corrected chi connectivity index (χ3v) is 3.40. The van der Waals surface area contributed by atoms with Crippen molar-refractivity contribution in [2.75, 3.05) is 32.8 Å². The molecular weight excluding hydrogens is 228 g/mol. The lowest BCUT2D eigenvalue weighted by atomic mass is 10.1. The van der Waals surface area contributed by atoms with Crippen molar-refractivity contribution >= 4 is 0 Å². The molecule has 2 unspecified atom stereocenters. The zero-order valence-electron chi connectivity index (χ0n) is 11.6. The average molecular weight is 252 g/mol. The fourth-order valence-corrected chi connectivity index (χ4v) is 2.41. The Morgan fingerprint density at radius 1 is 1.39 bits per heavy atom. The van der Waals surface area contributed by atoms with Crippen LogP contribution in [0.4, 0.5) is 0 Å². The summed E-state index contributed by atoms with van der Waals surface area (Å²) in [5.41, 5.74) is 1.24. The Labute approximate surface area is 109 Å². The molecule has 0 amide bonds. The summed E-state index contributed by atoms with van der Waals surface area (Å²) in [6, 6.07) is 0.813. The van der Waals surface area contributed by atoms with E-state index in [2.05, 4.69) is 35.4 Å². The third kappa shape index (κ3) is 3.80. The summed E-state index contributed by atoms with van der Waals surface area (Å²) in [7, 11) is 1.95. The summed E-state index contributed by atoms with van der Waals surface area (Å²) in [5, 5.41) is 7.83. The van der Waals surface area contributed by atoms with Crippen LogP contribution in [-0.2, 0) is 11.8 Å². The van der Waals surface area contributed by atoms with E-state index in [1.54, 1.807) is 0 Å². The molecule has 0 aliphatic carbocycles. The van der Waals surface area contributed by atoms with E-state index >= 15 is 0 Å². The van der Waals surface area contributed by atoms with Crippen molar-refractivity contribution in [3.05, 3.63) is 18.0 Å². The van der Waals surface area contributed by atoms with Gasteiger partial charge in [-0.05, 0) is 13.8 Å². The van der Waals surface area contributed by atoms with Gasteiger partial charge in [0, 0.05) is 50.5 Å². The molecular formula is C13H24N4O. The minimum absolute atomic E-state index is 0.342. The molecule has 0 saturated carbocycles. The zero-order chi connectivity index (χ0) is 13.0. The van der Waals surface area contributed by atoms with Crippen molar-refractivity contribution in [2.45, 2.75) is 25.9 Å². The first-order chi connectivity index (χ1) is 8.65. The van der Waals surface area contributed by atoms with E-state index in [9.17, 15) is 0 Å². The molecule has 1 aliphatic heterocycles. The molecule has 2 heterocycles. The van der Waals surface area contributed by atoms with Gasteiger partial charge in [0.15, 0.2) is 0 Å². The Bertz CT molecular complexity index is 360. The maximum atomic E-state index is 5.36. The minimum Gasteiger partial charge on any atom is -0.379 e. The molecule has 0 spiro atoms. The number of rotatable bonds is 5. The lowest BCUT2D eigenvalue weighted by Gasteiger charge is -2.30. The van der Waals surface area contributed by atoms with Crippen LogP contribution in [0, 0.1) is 0 Å². The maximum absolute atomic E-state index is 5.36. The molecule has 2 atom stereocenters. The number of nitrogens with one attached hydrogen (secondary N) is 1. The predicted molar refractivity (Wildman–Crippen MR) is 71.5 cm³/mol. The van der Waals surface area contributed by atoms with Crippen LogP contribution in [0.1, 0.15) is 25.5 Å². The number of hydrogen-bond acceptors (Lipinski definition) is 4. The van der Waals surface area contributed by atoms with E-state index in [4.69, 9.17) is 4.74 Å². The van der Waals surface area contributed by atoms with E-state index < -0.39 is 0 Å². The van der Waals surface area contributed by atoms with Crippen LogP contribution in [0.2, 0.25) is 0 Å². The Morgan fingerprint density at radius 3 is 2.72 bits per heavy atom. The summed E-state index contributed by atoms with van der Waals surface area (Å²) in [5.74, 6) is 0. The van der Waals surface area contributed by atoms with Gasteiger partial charge in [-0.2, -0.15) is 5.10 Å². The summed E-state index contributed by atoms with van der Waals surface area (Å²) >= 11 is 0. The van der Waals surface area contributed by atoms with Gasteiger partial charge in [-0.25, -0.2) is 0 Å². The van der Waals surface area contributed by atoms with Crippen LogP contribution in [0.15, 0.2) is 12.4 Å². The van der Waals surface area contributed by atoms with Crippen molar-refractivity contribution in [3.63, 3.8) is 0 Å². The molecule has 5 nitrogen and oxygen atoms in total. The minimum atomic E-state index is 0.342. The molecule has 0 radical (unpaired) electrons. The summed E-state index contributed by atoms with van der Waals surface area (Å²) in [6.07, 6.45) is 4.00. The molecule has 1 aromatic heterocycles. The van der Waals surface area contributed by atoms with Crippen LogP contribution in [0.3, 0.4) is 0 Å². The van der Waals surface area contributed by atoms with E-state index in [0.717, 1.165) is 32.8 Å². The first-order valence-electron chi connectivity index (χ1n) is 6.70. The summed E-state index contributed by atoms with van der Waals surface area (Å²) in [4.78, 5) is 2.46. The van der Waals surface area contributed by atoms with E-state index in [0.29, 0.717) is 12.1 Å². The molecule has 1 N–H and O–H groups in total. The fraction of sp³-hybridized carbons (Fsp3) is 0.769. The van der Waals surface area contributed by atoms with Crippen LogP contribution < -0.4 is 5.32 Å². The van der Waals surface area contributed by atoms with Crippen LogP contribution in [0.5, 0.6) is 0 Å². The Morgan fingerprint density at radius 2 is 2.11 bits per heavy atom. The largest absolute Gasteiger partial charge is 0.379 e. The molecule has 1 fully saturated rings. The van der Waals surface area contributed by atoms with Crippen molar-refractivity contribution < 1.29 is 4.74 Å². The predicted octanol–water partition coefficient (Wildman–Crippen LogP) is 0.791. The van der Waals surface area contributed by atoms with E-state index in [1.807, 2.05) is 17.9 Å². The molecule has 2 rings (SSSR count). The van der Waals surface area contributed by atoms with Crippen molar-refractivity contribution in [3.8, 4) is 0 Å². The molecule has 102 valence electrons. The number of aryl methyl sites for hydroxylation is 1. The fourth-order valence-electron chi connectivity index (χ4n) is 2.41. The van der Waals surface area contributed by atoms with Gasteiger partial charge in [-0.1, -0.05) is 0 Å². The topological polar surface area (TPSA) is 42.3 Å². The van der Waals surface area contributed by atoms with Gasteiger partial charge in [0.05, 0.1) is 19.4 Å². The van der Waals surface area contributed by atoms with Crippen LogP contribution in [-0.4, -0.2) is 53.6 Å². The Balaban J connectivity index is 1.77. The van der Waals surface area contributed by atoms with E-state index in [-0.39, 0.29) is 0 Å².